The van der Waals surface area contributed by atoms with Crippen LogP contribution in [0.15, 0.2) is 12.1 Å². The highest BCUT2D eigenvalue weighted by molar-refractivity contribution is 5.97. The first-order valence-corrected chi connectivity index (χ1v) is 3.73. The SMILES string of the molecule is CC(=O)c1cc(CO)c(O)cc1O. The zero-order chi connectivity index (χ0) is 10.0. The predicted molar refractivity (Wildman–Crippen MR) is 45.7 cm³/mol. The van der Waals surface area contributed by atoms with E-state index in [1.807, 2.05) is 0 Å². The lowest BCUT2D eigenvalue weighted by atomic mass is 10.1. The monoisotopic (exact) mass is 182 g/mol. The Kier molecular flexibility index (Phi) is 2.53. The van der Waals surface area contributed by atoms with Crippen LogP contribution < -0.4 is 0 Å². The van der Waals surface area contributed by atoms with Crippen LogP contribution in [-0.2, 0) is 6.61 Å². The van der Waals surface area contributed by atoms with Gasteiger partial charge in [-0.15, -0.1) is 0 Å². The Labute approximate surface area is 75.1 Å². The van der Waals surface area contributed by atoms with Crippen LogP contribution in [0.5, 0.6) is 11.5 Å². The minimum Gasteiger partial charge on any atom is -0.507 e. The van der Waals surface area contributed by atoms with Gasteiger partial charge in [0.1, 0.15) is 11.5 Å². The minimum atomic E-state index is -0.369. The highest BCUT2D eigenvalue weighted by atomic mass is 16.3. The first-order chi connectivity index (χ1) is 6.06. The molecule has 0 aliphatic heterocycles. The first-order valence-electron chi connectivity index (χ1n) is 3.73. The number of aromatic hydroxyl groups is 2. The summed E-state index contributed by atoms with van der Waals surface area (Å²) in [5.74, 6) is -0.806. The number of ketones is 1. The van der Waals surface area contributed by atoms with Gasteiger partial charge in [-0.1, -0.05) is 0 Å². The Morgan fingerprint density at radius 2 is 1.92 bits per heavy atom. The summed E-state index contributed by atoms with van der Waals surface area (Å²) >= 11 is 0. The van der Waals surface area contributed by atoms with Crippen molar-refractivity contribution in [2.45, 2.75) is 13.5 Å². The predicted octanol–water partition coefficient (Wildman–Crippen LogP) is 0.793. The molecule has 0 aromatic heterocycles. The summed E-state index contributed by atoms with van der Waals surface area (Å²) in [4.78, 5) is 10.9. The number of rotatable bonds is 2. The standard InChI is InChI=1S/C9H10O4/c1-5(11)7-2-6(4-10)8(12)3-9(7)13/h2-3,10,12-13H,4H2,1H3. The largest absolute Gasteiger partial charge is 0.507 e. The first kappa shape index (κ1) is 9.54. The Morgan fingerprint density at radius 1 is 1.31 bits per heavy atom. The molecule has 0 atom stereocenters. The number of phenolic OH excluding ortho intramolecular Hbond substituents is 1. The van der Waals surface area contributed by atoms with Crippen molar-refractivity contribution in [2.24, 2.45) is 0 Å². The van der Waals surface area contributed by atoms with Gasteiger partial charge in [0, 0.05) is 11.6 Å². The molecule has 4 nitrogen and oxygen atoms in total. The van der Waals surface area contributed by atoms with Gasteiger partial charge in [0.15, 0.2) is 5.78 Å². The third-order valence-corrected chi connectivity index (χ3v) is 1.75. The second-order valence-electron chi connectivity index (χ2n) is 2.71. The summed E-state index contributed by atoms with van der Waals surface area (Å²) in [5.41, 5.74) is 0.324. The fourth-order valence-corrected chi connectivity index (χ4v) is 1.03. The summed E-state index contributed by atoms with van der Waals surface area (Å²) in [7, 11) is 0. The number of aliphatic hydroxyl groups is 1. The summed E-state index contributed by atoms with van der Waals surface area (Å²) in [6, 6.07) is 2.31. The number of hydrogen-bond acceptors (Lipinski definition) is 4. The van der Waals surface area contributed by atoms with Gasteiger partial charge in [-0.25, -0.2) is 0 Å². The number of carbonyl (C=O) groups excluding carboxylic acids is 1. The molecule has 4 heteroatoms. The van der Waals surface area contributed by atoms with Crippen LogP contribution in [0.3, 0.4) is 0 Å². The quantitative estimate of drug-likeness (QED) is 0.591. The fourth-order valence-electron chi connectivity index (χ4n) is 1.03. The summed E-state index contributed by atoms with van der Waals surface area (Å²) < 4.78 is 0. The van der Waals surface area contributed by atoms with Gasteiger partial charge in [-0.05, 0) is 13.0 Å². The summed E-state index contributed by atoms with van der Waals surface area (Å²) in [6.07, 6.45) is 0. The molecule has 70 valence electrons. The zero-order valence-corrected chi connectivity index (χ0v) is 7.11. The maximum Gasteiger partial charge on any atom is 0.163 e. The van der Waals surface area contributed by atoms with E-state index in [2.05, 4.69) is 0 Å². The molecule has 0 amide bonds. The second-order valence-corrected chi connectivity index (χ2v) is 2.71. The Hall–Kier alpha value is -1.55. The molecule has 13 heavy (non-hydrogen) atoms. The van der Waals surface area contributed by atoms with E-state index in [1.54, 1.807) is 0 Å². The smallest absolute Gasteiger partial charge is 0.163 e. The topological polar surface area (TPSA) is 77.8 Å². The average molecular weight is 182 g/mol. The van der Waals surface area contributed by atoms with E-state index in [0.29, 0.717) is 0 Å². The van der Waals surface area contributed by atoms with E-state index in [-0.39, 0.29) is 35.0 Å². The maximum atomic E-state index is 10.9. The molecule has 0 fully saturated rings. The van der Waals surface area contributed by atoms with Gasteiger partial charge in [0.05, 0.1) is 12.2 Å². The molecule has 0 aliphatic carbocycles. The number of hydrogen-bond donors (Lipinski definition) is 3. The lowest BCUT2D eigenvalue weighted by Crippen LogP contribution is -1.95. The molecule has 3 N–H and O–H groups in total. The molecule has 0 saturated heterocycles. The Balaban J connectivity index is 3.30. The summed E-state index contributed by atoms with van der Waals surface area (Å²) in [6.45, 7) is 0.930. The molecule has 0 heterocycles. The van der Waals surface area contributed by atoms with Gasteiger partial charge in [-0.2, -0.15) is 0 Å². The van der Waals surface area contributed by atoms with Gasteiger partial charge >= 0.3 is 0 Å². The van der Waals surface area contributed by atoms with Crippen molar-refractivity contribution in [3.63, 3.8) is 0 Å². The van der Waals surface area contributed by atoms with Gasteiger partial charge in [0.2, 0.25) is 0 Å². The highest BCUT2D eigenvalue weighted by Gasteiger charge is 2.10. The van der Waals surface area contributed by atoms with Crippen molar-refractivity contribution in [1.29, 1.82) is 0 Å². The number of carbonyl (C=O) groups is 1. The molecule has 0 unspecified atom stereocenters. The molecular weight excluding hydrogens is 172 g/mol. The van der Waals surface area contributed by atoms with Crippen LogP contribution in [0.4, 0.5) is 0 Å². The normalized spacial score (nSPS) is 10.0. The molecule has 0 aliphatic rings. The van der Waals surface area contributed by atoms with Crippen LogP contribution >= 0.6 is 0 Å². The van der Waals surface area contributed by atoms with E-state index in [0.717, 1.165) is 6.07 Å². The van der Waals surface area contributed by atoms with Crippen LogP contribution in [0.2, 0.25) is 0 Å². The third kappa shape index (κ3) is 1.78. The van der Waals surface area contributed by atoms with Crippen LogP contribution in [0.1, 0.15) is 22.8 Å². The second kappa shape index (κ2) is 3.45. The molecule has 1 aromatic carbocycles. The number of Topliss-reactive ketones (excluding diaryl/α,β-unsaturated/α-hetero) is 1. The molecule has 1 aromatic rings. The van der Waals surface area contributed by atoms with Crippen molar-refractivity contribution >= 4 is 5.78 Å². The minimum absolute atomic E-state index is 0.0989. The third-order valence-electron chi connectivity index (χ3n) is 1.75. The van der Waals surface area contributed by atoms with E-state index in [4.69, 9.17) is 10.2 Å². The average Bonchev–Trinajstić information content (AvgIpc) is 2.03. The van der Waals surface area contributed by atoms with Gasteiger partial charge in [-0.3, -0.25) is 4.79 Å². The van der Waals surface area contributed by atoms with Crippen molar-refractivity contribution in [2.75, 3.05) is 0 Å². The van der Waals surface area contributed by atoms with E-state index < -0.39 is 0 Å². The molecule has 0 bridgehead atoms. The van der Waals surface area contributed by atoms with Crippen molar-refractivity contribution in [1.82, 2.24) is 0 Å². The van der Waals surface area contributed by atoms with Crippen LogP contribution in [0.25, 0.3) is 0 Å². The van der Waals surface area contributed by atoms with E-state index in [9.17, 15) is 9.90 Å². The number of phenols is 2. The van der Waals surface area contributed by atoms with Crippen molar-refractivity contribution in [3.8, 4) is 11.5 Å². The molecule has 0 radical (unpaired) electrons. The maximum absolute atomic E-state index is 10.9. The molecule has 0 spiro atoms. The molecular formula is C9H10O4. The lowest BCUT2D eigenvalue weighted by Gasteiger charge is -2.05. The van der Waals surface area contributed by atoms with Gasteiger partial charge < -0.3 is 15.3 Å². The van der Waals surface area contributed by atoms with Crippen LogP contribution in [0, 0.1) is 0 Å². The van der Waals surface area contributed by atoms with Gasteiger partial charge in [0.25, 0.3) is 0 Å². The number of benzene rings is 1. The Morgan fingerprint density at radius 3 is 2.38 bits per heavy atom. The fraction of sp³-hybridized carbons (Fsp3) is 0.222. The highest BCUT2D eigenvalue weighted by Crippen LogP contribution is 2.27. The van der Waals surface area contributed by atoms with E-state index in [1.165, 1.54) is 13.0 Å². The number of aliphatic hydroxyl groups excluding tert-OH is 1. The Bertz CT molecular complexity index is 344. The zero-order valence-electron chi connectivity index (χ0n) is 7.11. The van der Waals surface area contributed by atoms with Crippen LogP contribution in [-0.4, -0.2) is 21.1 Å². The van der Waals surface area contributed by atoms with E-state index >= 15 is 0 Å². The molecule has 0 saturated carbocycles. The van der Waals surface area contributed by atoms with Crippen molar-refractivity contribution < 1.29 is 20.1 Å². The van der Waals surface area contributed by atoms with Crippen molar-refractivity contribution in [3.05, 3.63) is 23.3 Å². The lowest BCUT2D eigenvalue weighted by molar-refractivity contribution is 0.101. The summed E-state index contributed by atoms with van der Waals surface area (Å²) in [5, 5.41) is 27.1. The molecule has 1 rings (SSSR count).